The van der Waals surface area contributed by atoms with Gasteiger partial charge in [-0.3, -0.25) is 0 Å². The molecule has 0 fully saturated rings. The Balaban J connectivity index is 2.07. The lowest BCUT2D eigenvalue weighted by Crippen LogP contribution is -1.83. The average Bonchev–Trinajstić information content (AvgIpc) is 2.87. The molecule has 6 heteroatoms. The van der Waals surface area contributed by atoms with Crippen LogP contribution in [0, 0.1) is 0 Å². The van der Waals surface area contributed by atoms with Crippen molar-refractivity contribution in [2.24, 2.45) is 0 Å². The second-order valence-electron chi connectivity index (χ2n) is 2.81. The lowest BCUT2D eigenvalue weighted by molar-refractivity contribution is 1.04. The van der Waals surface area contributed by atoms with Gasteiger partial charge in [0, 0.05) is 12.4 Å². The Labute approximate surface area is 93.8 Å². The van der Waals surface area contributed by atoms with Crippen LogP contribution in [0.1, 0.15) is 0 Å². The molecular formula is C9H6N4S2. The Kier molecular flexibility index (Phi) is 2.15. The highest BCUT2D eigenvalue weighted by atomic mass is 32.2. The van der Waals surface area contributed by atoms with Gasteiger partial charge in [-0.25, -0.2) is 15.0 Å². The van der Waals surface area contributed by atoms with Gasteiger partial charge in [0.1, 0.15) is 11.4 Å². The smallest absolute Gasteiger partial charge is 0.171 e. The Morgan fingerprint density at radius 1 is 1.27 bits per heavy atom. The molecule has 0 amide bonds. The van der Waals surface area contributed by atoms with E-state index in [0.29, 0.717) is 0 Å². The molecule has 0 spiro atoms. The maximum absolute atomic E-state index is 4.26. The molecule has 3 aromatic heterocycles. The number of nitrogens with one attached hydrogen (secondary N) is 1. The van der Waals surface area contributed by atoms with Gasteiger partial charge in [-0.15, -0.1) is 11.3 Å². The summed E-state index contributed by atoms with van der Waals surface area (Å²) in [5, 5.41) is 3.82. The molecule has 0 saturated carbocycles. The SMILES string of the molecule is c1c[nH]c(Sc2ncnc3ccsc23)n1. The molecule has 1 N–H and O–H groups in total. The van der Waals surface area contributed by atoms with Crippen molar-refractivity contribution in [1.82, 2.24) is 19.9 Å². The zero-order chi connectivity index (χ0) is 10.1. The maximum atomic E-state index is 4.26. The number of H-pyrrole nitrogens is 1. The first-order chi connectivity index (χ1) is 7.43. The Bertz CT molecular complexity index is 573. The summed E-state index contributed by atoms with van der Waals surface area (Å²) in [6.45, 7) is 0. The molecule has 0 aliphatic rings. The Morgan fingerprint density at radius 2 is 2.27 bits per heavy atom. The largest absolute Gasteiger partial charge is 0.339 e. The number of fused-ring (bicyclic) bond motifs is 1. The molecule has 0 atom stereocenters. The van der Waals surface area contributed by atoms with Crippen LogP contribution in [0.25, 0.3) is 10.2 Å². The molecule has 15 heavy (non-hydrogen) atoms. The normalized spacial score (nSPS) is 10.9. The molecule has 0 saturated heterocycles. The summed E-state index contributed by atoms with van der Waals surface area (Å²) in [5.74, 6) is 0. The number of nitrogens with zero attached hydrogens (tertiary/aromatic N) is 3. The van der Waals surface area contributed by atoms with E-state index in [-0.39, 0.29) is 0 Å². The minimum atomic E-state index is 0.850. The van der Waals surface area contributed by atoms with E-state index >= 15 is 0 Å². The molecule has 0 bridgehead atoms. The maximum Gasteiger partial charge on any atom is 0.171 e. The summed E-state index contributed by atoms with van der Waals surface area (Å²) < 4.78 is 1.11. The number of rotatable bonds is 2. The van der Waals surface area contributed by atoms with E-state index in [1.165, 1.54) is 11.8 Å². The van der Waals surface area contributed by atoms with Crippen molar-refractivity contribution in [3.05, 3.63) is 30.2 Å². The van der Waals surface area contributed by atoms with Crippen molar-refractivity contribution in [3.63, 3.8) is 0 Å². The second kappa shape index (κ2) is 3.63. The van der Waals surface area contributed by atoms with Gasteiger partial charge in [-0.2, -0.15) is 0 Å². The minimum Gasteiger partial charge on any atom is -0.339 e. The molecule has 0 aliphatic carbocycles. The predicted molar refractivity (Wildman–Crippen MR) is 60.1 cm³/mol. The first kappa shape index (κ1) is 8.87. The fraction of sp³-hybridized carbons (Fsp3) is 0. The number of aromatic amines is 1. The van der Waals surface area contributed by atoms with Crippen LogP contribution >= 0.6 is 23.1 Å². The van der Waals surface area contributed by atoms with Crippen LogP contribution in [0.3, 0.4) is 0 Å². The third-order valence-corrected chi connectivity index (χ3v) is 3.84. The lowest BCUT2D eigenvalue weighted by atomic mass is 10.5. The van der Waals surface area contributed by atoms with Crippen molar-refractivity contribution in [3.8, 4) is 0 Å². The zero-order valence-corrected chi connectivity index (χ0v) is 9.18. The van der Waals surface area contributed by atoms with Gasteiger partial charge in [0.2, 0.25) is 0 Å². The molecule has 0 unspecified atom stereocenters. The standard InChI is InChI=1S/C9H6N4S2/c1-4-14-7-6(1)12-5-13-8(7)15-9-10-2-3-11-9/h1-5H,(H,10,11). The summed E-state index contributed by atoms with van der Waals surface area (Å²) in [6, 6.07) is 1.99. The van der Waals surface area contributed by atoms with E-state index in [0.717, 1.165) is 20.4 Å². The Morgan fingerprint density at radius 3 is 3.13 bits per heavy atom. The summed E-state index contributed by atoms with van der Waals surface area (Å²) in [4.78, 5) is 15.6. The van der Waals surface area contributed by atoms with E-state index < -0.39 is 0 Å². The van der Waals surface area contributed by atoms with Crippen LogP contribution in [-0.2, 0) is 0 Å². The van der Waals surface area contributed by atoms with Crippen molar-refractivity contribution in [2.45, 2.75) is 10.2 Å². The second-order valence-corrected chi connectivity index (χ2v) is 4.70. The topological polar surface area (TPSA) is 54.5 Å². The van der Waals surface area contributed by atoms with Gasteiger partial charge in [-0.1, -0.05) is 0 Å². The molecule has 4 nitrogen and oxygen atoms in total. The molecule has 3 heterocycles. The summed E-state index contributed by atoms with van der Waals surface area (Å²) in [5.41, 5.74) is 0.990. The third-order valence-electron chi connectivity index (χ3n) is 1.88. The van der Waals surface area contributed by atoms with Crippen molar-refractivity contribution in [2.75, 3.05) is 0 Å². The number of thiophene rings is 1. The van der Waals surface area contributed by atoms with Crippen molar-refractivity contribution >= 4 is 33.3 Å². The van der Waals surface area contributed by atoms with E-state index in [1.54, 1.807) is 30.1 Å². The lowest BCUT2D eigenvalue weighted by Gasteiger charge is -1.97. The van der Waals surface area contributed by atoms with Gasteiger partial charge in [-0.05, 0) is 23.2 Å². The zero-order valence-electron chi connectivity index (χ0n) is 7.54. The molecule has 0 radical (unpaired) electrons. The highest BCUT2D eigenvalue weighted by molar-refractivity contribution is 7.99. The fourth-order valence-corrected chi connectivity index (χ4v) is 2.96. The minimum absolute atomic E-state index is 0.850. The van der Waals surface area contributed by atoms with Crippen LogP contribution in [0.2, 0.25) is 0 Å². The fourth-order valence-electron chi connectivity index (χ4n) is 1.24. The monoisotopic (exact) mass is 234 g/mol. The average molecular weight is 234 g/mol. The predicted octanol–water partition coefficient (Wildman–Crippen LogP) is 2.57. The number of aromatic nitrogens is 4. The van der Waals surface area contributed by atoms with E-state index in [2.05, 4.69) is 19.9 Å². The summed E-state index contributed by atoms with van der Waals surface area (Å²) >= 11 is 3.17. The van der Waals surface area contributed by atoms with Crippen LogP contribution in [0.4, 0.5) is 0 Å². The highest BCUT2D eigenvalue weighted by Crippen LogP contribution is 2.31. The van der Waals surface area contributed by atoms with Crippen molar-refractivity contribution < 1.29 is 0 Å². The molecule has 3 rings (SSSR count). The number of hydrogen-bond acceptors (Lipinski definition) is 5. The van der Waals surface area contributed by atoms with E-state index in [9.17, 15) is 0 Å². The van der Waals surface area contributed by atoms with Crippen LogP contribution in [-0.4, -0.2) is 19.9 Å². The molecular weight excluding hydrogens is 228 g/mol. The molecule has 0 aliphatic heterocycles. The van der Waals surface area contributed by atoms with Gasteiger partial charge >= 0.3 is 0 Å². The quantitative estimate of drug-likeness (QED) is 0.692. The number of imidazole rings is 1. The summed E-state index contributed by atoms with van der Waals surface area (Å²) in [7, 11) is 0. The summed E-state index contributed by atoms with van der Waals surface area (Å²) in [6.07, 6.45) is 5.12. The van der Waals surface area contributed by atoms with Crippen LogP contribution in [0.5, 0.6) is 0 Å². The van der Waals surface area contributed by atoms with E-state index in [1.807, 2.05) is 11.4 Å². The van der Waals surface area contributed by atoms with Gasteiger partial charge < -0.3 is 4.98 Å². The highest BCUT2D eigenvalue weighted by Gasteiger charge is 2.07. The van der Waals surface area contributed by atoms with Crippen molar-refractivity contribution in [1.29, 1.82) is 0 Å². The van der Waals surface area contributed by atoms with Crippen LogP contribution < -0.4 is 0 Å². The molecule has 74 valence electrons. The Hall–Kier alpha value is -1.40. The van der Waals surface area contributed by atoms with Crippen LogP contribution in [0.15, 0.2) is 40.3 Å². The third kappa shape index (κ3) is 1.62. The molecule has 0 aromatic carbocycles. The van der Waals surface area contributed by atoms with Gasteiger partial charge in [0.05, 0.1) is 10.2 Å². The first-order valence-corrected chi connectivity index (χ1v) is 5.98. The van der Waals surface area contributed by atoms with Gasteiger partial charge in [0.15, 0.2) is 5.16 Å². The first-order valence-electron chi connectivity index (χ1n) is 4.29. The number of hydrogen-bond donors (Lipinski definition) is 1. The van der Waals surface area contributed by atoms with Gasteiger partial charge in [0.25, 0.3) is 0 Å². The van der Waals surface area contributed by atoms with E-state index in [4.69, 9.17) is 0 Å². The molecule has 3 aromatic rings.